The summed E-state index contributed by atoms with van der Waals surface area (Å²) in [6, 6.07) is 3.80. The fraction of sp³-hybridized carbons (Fsp3) is 0.308. The van der Waals surface area contributed by atoms with Crippen molar-refractivity contribution < 1.29 is 4.74 Å². The highest BCUT2D eigenvalue weighted by atomic mass is 35.5. The molecule has 1 aliphatic heterocycles. The molecule has 0 unspecified atom stereocenters. The summed E-state index contributed by atoms with van der Waals surface area (Å²) in [5.41, 5.74) is 11.0. The number of pyridine rings is 1. The van der Waals surface area contributed by atoms with Crippen molar-refractivity contribution in [3.05, 3.63) is 34.0 Å². The maximum absolute atomic E-state index is 6.20. The number of benzene rings is 1. The van der Waals surface area contributed by atoms with Crippen molar-refractivity contribution >= 4 is 28.2 Å². The summed E-state index contributed by atoms with van der Waals surface area (Å²) in [4.78, 5) is 4.69. The van der Waals surface area contributed by atoms with E-state index < -0.39 is 0 Å². The lowest BCUT2D eigenvalue weighted by atomic mass is 10.0. The number of aryl methyl sites for hydroxylation is 1. The highest BCUT2D eigenvalue weighted by Gasteiger charge is 2.18. The zero-order chi connectivity index (χ0) is 12.0. The monoisotopic (exact) mass is 248 g/mol. The quantitative estimate of drug-likeness (QED) is 0.780. The van der Waals surface area contributed by atoms with E-state index in [9.17, 15) is 0 Å². The maximum atomic E-state index is 6.20. The highest BCUT2D eigenvalue weighted by Crippen LogP contribution is 2.32. The summed E-state index contributed by atoms with van der Waals surface area (Å²) in [6.07, 6.45) is 0.821. The Morgan fingerprint density at radius 2 is 2.24 bits per heavy atom. The number of anilines is 1. The third-order valence-electron chi connectivity index (χ3n) is 3.30. The van der Waals surface area contributed by atoms with Crippen LogP contribution in [0.5, 0.6) is 0 Å². The lowest BCUT2D eigenvalue weighted by molar-refractivity contribution is 0.110. The van der Waals surface area contributed by atoms with Gasteiger partial charge in [0.25, 0.3) is 0 Å². The summed E-state index contributed by atoms with van der Waals surface area (Å²) < 4.78 is 5.43. The molecule has 0 spiro atoms. The van der Waals surface area contributed by atoms with Crippen LogP contribution in [-0.2, 0) is 17.8 Å². The number of nitrogen functional groups attached to an aromatic ring is 1. The SMILES string of the molecule is Cc1c(Cl)ccc2c(N)c3c(nc12)CCOC3. The lowest BCUT2D eigenvalue weighted by Gasteiger charge is -2.19. The molecule has 0 atom stereocenters. The van der Waals surface area contributed by atoms with Crippen molar-refractivity contribution in [1.29, 1.82) is 0 Å². The van der Waals surface area contributed by atoms with Crippen LogP contribution in [0.15, 0.2) is 12.1 Å². The van der Waals surface area contributed by atoms with Gasteiger partial charge in [-0.2, -0.15) is 0 Å². The number of rotatable bonds is 0. The van der Waals surface area contributed by atoms with E-state index in [0.29, 0.717) is 13.2 Å². The van der Waals surface area contributed by atoms with Gasteiger partial charge in [0.15, 0.2) is 0 Å². The van der Waals surface area contributed by atoms with Crippen LogP contribution >= 0.6 is 11.6 Å². The minimum absolute atomic E-state index is 0.561. The van der Waals surface area contributed by atoms with Crippen LogP contribution < -0.4 is 5.73 Å². The van der Waals surface area contributed by atoms with E-state index in [1.807, 2.05) is 19.1 Å². The van der Waals surface area contributed by atoms with Crippen LogP contribution in [0.2, 0.25) is 5.02 Å². The molecule has 88 valence electrons. The van der Waals surface area contributed by atoms with Gasteiger partial charge >= 0.3 is 0 Å². The van der Waals surface area contributed by atoms with Gasteiger partial charge in [-0.3, -0.25) is 4.98 Å². The molecule has 0 amide bonds. The Balaban J connectivity index is 2.40. The number of aromatic nitrogens is 1. The Bertz CT molecular complexity index is 610. The number of nitrogens with two attached hydrogens (primary N) is 1. The van der Waals surface area contributed by atoms with E-state index in [0.717, 1.165) is 44.9 Å². The molecule has 0 radical (unpaired) electrons. The van der Waals surface area contributed by atoms with Gasteiger partial charge in [0.1, 0.15) is 0 Å². The smallest absolute Gasteiger partial charge is 0.0770 e. The topological polar surface area (TPSA) is 48.1 Å². The summed E-state index contributed by atoms with van der Waals surface area (Å²) in [7, 11) is 0. The average Bonchev–Trinajstić information content (AvgIpc) is 2.35. The van der Waals surface area contributed by atoms with Crippen LogP contribution in [0.25, 0.3) is 10.9 Å². The van der Waals surface area contributed by atoms with Crippen LogP contribution in [0.1, 0.15) is 16.8 Å². The summed E-state index contributed by atoms with van der Waals surface area (Å²) in [5, 5.41) is 1.70. The Hall–Kier alpha value is -1.32. The van der Waals surface area contributed by atoms with Crippen LogP contribution in [0, 0.1) is 6.92 Å². The number of halogens is 1. The molecule has 0 bridgehead atoms. The molecule has 0 fully saturated rings. The van der Waals surface area contributed by atoms with Crippen LogP contribution in [-0.4, -0.2) is 11.6 Å². The first-order valence-electron chi connectivity index (χ1n) is 5.62. The van der Waals surface area contributed by atoms with E-state index in [2.05, 4.69) is 0 Å². The highest BCUT2D eigenvalue weighted by molar-refractivity contribution is 6.32. The maximum Gasteiger partial charge on any atom is 0.0770 e. The molecule has 1 aromatic heterocycles. The molecule has 1 aromatic carbocycles. The Morgan fingerprint density at radius 1 is 1.41 bits per heavy atom. The first kappa shape index (κ1) is 10.8. The molecule has 2 heterocycles. The minimum Gasteiger partial charge on any atom is -0.398 e. The molecule has 0 aliphatic carbocycles. The van der Waals surface area contributed by atoms with Gasteiger partial charge in [0, 0.05) is 28.1 Å². The first-order chi connectivity index (χ1) is 8.18. The molecule has 2 N–H and O–H groups in total. The van der Waals surface area contributed by atoms with Gasteiger partial charge in [-0.05, 0) is 24.6 Å². The number of hydrogen-bond donors (Lipinski definition) is 1. The predicted octanol–water partition coefficient (Wildman–Crippen LogP) is 2.85. The van der Waals surface area contributed by atoms with Crippen molar-refractivity contribution in [3.8, 4) is 0 Å². The molecule has 4 heteroatoms. The van der Waals surface area contributed by atoms with Crippen molar-refractivity contribution in [1.82, 2.24) is 4.98 Å². The number of hydrogen-bond acceptors (Lipinski definition) is 3. The van der Waals surface area contributed by atoms with E-state index in [1.54, 1.807) is 0 Å². The largest absolute Gasteiger partial charge is 0.398 e. The Labute approximate surface area is 105 Å². The van der Waals surface area contributed by atoms with E-state index in [-0.39, 0.29) is 0 Å². The van der Waals surface area contributed by atoms with Crippen LogP contribution in [0.4, 0.5) is 5.69 Å². The van der Waals surface area contributed by atoms with E-state index >= 15 is 0 Å². The van der Waals surface area contributed by atoms with Crippen molar-refractivity contribution in [3.63, 3.8) is 0 Å². The zero-order valence-electron chi connectivity index (χ0n) is 9.59. The fourth-order valence-electron chi connectivity index (χ4n) is 2.27. The summed E-state index contributed by atoms with van der Waals surface area (Å²) in [5.74, 6) is 0. The standard InChI is InChI=1S/C13H13ClN2O/c1-7-10(14)3-2-8-12(15)9-6-17-5-4-11(9)16-13(7)8/h2-3H,4-6H2,1H3,(H2,15,16). The third kappa shape index (κ3) is 1.58. The zero-order valence-corrected chi connectivity index (χ0v) is 10.3. The summed E-state index contributed by atoms with van der Waals surface area (Å²) in [6.45, 7) is 3.25. The van der Waals surface area contributed by atoms with Gasteiger partial charge in [0.05, 0.1) is 24.4 Å². The molecule has 3 nitrogen and oxygen atoms in total. The van der Waals surface area contributed by atoms with Crippen molar-refractivity contribution in [2.75, 3.05) is 12.3 Å². The van der Waals surface area contributed by atoms with Gasteiger partial charge in [-0.15, -0.1) is 0 Å². The van der Waals surface area contributed by atoms with Crippen molar-refractivity contribution in [2.24, 2.45) is 0 Å². The minimum atomic E-state index is 0.561. The van der Waals surface area contributed by atoms with Gasteiger partial charge in [-0.1, -0.05) is 11.6 Å². The average molecular weight is 249 g/mol. The molecular formula is C13H13ClN2O. The van der Waals surface area contributed by atoms with Crippen molar-refractivity contribution in [2.45, 2.75) is 20.0 Å². The number of fused-ring (bicyclic) bond motifs is 2. The molecule has 0 saturated heterocycles. The summed E-state index contributed by atoms with van der Waals surface area (Å²) >= 11 is 6.12. The molecule has 2 aromatic rings. The molecule has 17 heavy (non-hydrogen) atoms. The Morgan fingerprint density at radius 3 is 3.06 bits per heavy atom. The second-order valence-corrected chi connectivity index (χ2v) is 4.73. The second kappa shape index (κ2) is 3.86. The number of ether oxygens (including phenoxy) is 1. The molecule has 1 aliphatic rings. The normalized spacial score (nSPS) is 14.9. The van der Waals surface area contributed by atoms with Crippen LogP contribution in [0.3, 0.4) is 0 Å². The second-order valence-electron chi connectivity index (χ2n) is 4.32. The Kier molecular flexibility index (Phi) is 2.45. The predicted molar refractivity (Wildman–Crippen MR) is 69.3 cm³/mol. The van der Waals surface area contributed by atoms with Gasteiger partial charge < -0.3 is 10.5 Å². The third-order valence-corrected chi connectivity index (χ3v) is 3.71. The van der Waals surface area contributed by atoms with Gasteiger partial charge in [-0.25, -0.2) is 0 Å². The lowest BCUT2D eigenvalue weighted by Crippen LogP contribution is -2.14. The molecular weight excluding hydrogens is 236 g/mol. The fourth-order valence-corrected chi connectivity index (χ4v) is 2.42. The molecule has 0 saturated carbocycles. The van der Waals surface area contributed by atoms with E-state index in [4.69, 9.17) is 27.1 Å². The van der Waals surface area contributed by atoms with E-state index in [1.165, 1.54) is 0 Å². The number of nitrogens with zero attached hydrogens (tertiary/aromatic N) is 1. The first-order valence-corrected chi connectivity index (χ1v) is 6.00. The molecule has 3 rings (SSSR count). The van der Waals surface area contributed by atoms with Gasteiger partial charge in [0.2, 0.25) is 0 Å².